The highest BCUT2D eigenvalue weighted by molar-refractivity contribution is 5.62. The second-order valence-corrected chi connectivity index (χ2v) is 5.64. The molecule has 0 bridgehead atoms. The van der Waals surface area contributed by atoms with Crippen molar-refractivity contribution >= 4 is 11.4 Å². The number of rotatable bonds is 5. The Kier molecular flexibility index (Phi) is 3.60. The summed E-state index contributed by atoms with van der Waals surface area (Å²) in [6, 6.07) is 15.4. The summed E-state index contributed by atoms with van der Waals surface area (Å²) in [5, 5.41) is 14.5. The molecule has 1 N–H and O–H groups in total. The van der Waals surface area contributed by atoms with Crippen LogP contribution in [0.5, 0.6) is 0 Å². The molecule has 2 aromatic carbocycles. The van der Waals surface area contributed by atoms with Crippen LogP contribution in [0.15, 0.2) is 48.5 Å². The number of nitrogens with zero attached hydrogens (tertiary/aromatic N) is 1. The van der Waals surface area contributed by atoms with Gasteiger partial charge in [0.15, 0.2) is 0 Å². The fraction of sp³-hybridized carbons (Fsp3) is 0.294. The zero-order chi connectivity index (χ0) is 14.8. The smallest absolute Gasteiger partial charge is 0.292 e. The minimum Gasteiger partial charge on any atom is -0.372 e. The molecule has 0 spiro atoms. The molecule has 108 valence electrons. The summed E-state index contributed by atoms with van der Waals surface area (Å²) in [7, 11) is 0. The van der Waals surface area contributed by atoms with Gasteiger partial charge in [0.1, 0.15) is 5.69 Å². The Morgan fingerprint density at radius 2 is 1.81 bits per heavy atom. The topological polar surface area (TPSA) is 55.2 Å². The summed E-state index contributed by atoms with van der Waals surface area (Å²) in [6.07, 6.45) is 2.35. The fourth-order valence-electron chi connectivity index (χ4n) is 2.60. The van der Waals surface area contributed by atoms with Gasteiger partial charge in [0.05, 0.1) is 11.0 Å². The monoisotopic (exact) mass is 282 g/mol. The molecule has 0 radical (unpaired) electrons. The molecule has 0 heterocycles. The van der Waals surface area contributed by atoms with E-state index in [9.17, 15) is 10.1 Å². The van der Waals surface area contributed by atoms with E-state index in [-0.39, 0.29) is 16.7 Å². The van der Waals surface area contributed by atoms with Gasteiger partial charge in [-0.25, -0.2) is 0 Å². The number of para-hydroxylation sites is 2. The van der Waals surface area contributed by atoms with Crippen LogP contribution in [0.2, 0.25) is 0 Å². The van der Waals surface area contributed by atoms with Gasteiger partial charge in [-0.1, -0.05) is 42.0 Å². The number of hydrogen-bond donors (Lipinski definition) is 1. The minimum absolute atomic E-state index is 0.135. The molecule has 1 atom stereocenters. The molecule has 0 aromatic heterocycles. The average Bonchev–Trinajstić information content (AvgIpc) is 3.31. The lowest BCUT2D eigenvalue weighted by Crippen LogP contribution is -2.14. The maximum Gasteiger partial charge on any atom is 0.292 e. The van der Waals surface area contributed by atoms with Gasteiger partial charge < -0.3 is 5.32 Å². The van der Waals surface area contributed by atoms with Crippen LogP contribution in [0.4, 0.5) is 11.4 Å². The third-order valence-electron chi connectivity index (χ3n) is 3.94. The van der Waals surface area contributed by atoms with Crippen LogP contribution in [-0.4, -0.2) is 4.92 Å². The van der Waals surface area contributed by atoms with Gasteiger partial charge in [0.25, 0.3) is 5.69 Å². The van der Waals surface area contributed by atoms with E-state index in [4.69, 9.17) is 0 Å². The van der Waals surface area contributed by atoms with Gasteiger partial charge in [-0.3, -0.25) is 10.1 Å². The minimum atomic E-state index is -0.332. The number of nitrogens with one attached hydrogen (secondary N) is 1. The van der Waals surface area contributed by atoms with Crippen LogP contribution < -0.4 is 5.32 Å². The highest BCUT2D eigenvalue weighted by Gasteiger charge is 2.33. The van der Waals surface area contributed by atoms with E-state index in [0.717, 1.165) is 0 Å². The van der Waals surface area contributed by atoms with Crippen molar-refractivity contribution < 1.29 is 4.92 Å². The average molecular weight is 282 g/mol. The Hall–Kier alpha value is -2.36. The van der Waals surface area contributed by atoms with Crippen molar-refractivity contribution in [2.75, 3.05) is 5.32 Å². The molecule has 1 aliphatic rings. The second-order valence-electron chi connectivity index (χ2n) is 5.64. The highest BCUT2D eigenvalue weighted by Crippen LogP contribution is 2.43. The van der Waals surface area contributed by atoms with Crippen LogP contribution >= 0.6 is 0 Å². The zero-order valence-electron chi connectivity index (χ0n) is 12.0. The Morgan fingerprint density at radius 3 is 2.43 bits per heavy atom. The zero-order valence-corrected chi connectivity index (χ0v) is 12.0. The number of aryl methyl sites for hydroxylation is 1. The lowest BCUT2D eigenvalue weighted by Gasteiger charge is -2.20. The maximum absolute atomic E-state index is 11.1. The lowest BCUT2D eigenvalue weighted by atomic mass is 10.0. The summed E-state index contributed by atoms with van der Waals surface area (Å²) < 4.78 is 0. The summed E-state index contributed by atoms with van der Waals surface area (Å²) in [6.45, 7) is 2.06. The molecule has 1 aliphatic carbocycles. The first kappa shape index (κ1) is 13.6. The maximum atomic E-state index is 11.1. The van der Waals surface area contributed by atoms with E-state index in [1.807, 2.05) is 6.07 Å². The molecule has 21 heavy (non-hydrogen) atoms. The van der Waals surface area contributed by atoms with Gasteiger partial charge in [-0.15, -0.1) is 0 Å². The molecule has 3 rings (SSSR count). The molecular weight excluding hydrogens is 264 g/mol. The molecular formula is C17H18N2O2. The van der Waals surface area contributed by atoms with Crippen molar-refractivity contribution in [3.05, 3.63) is 69.8 Å². The van der Waals surface area contributed by atoms with Crippen LogP contribution in [0.3, 0.4) is 0 Å². The third kappa shape index (κ3) is 3.05. The van der Waals surface area contributed by atoms with Crippen LogP contribution in [0.25, 0.3) is 0 Å². The van der Waals surface area contributed by atoms with Crippen molar-refractivity contribution in [3.8, 4) is 0 Å². The molecule has 4 nitrogen and oxygen atoms in total. The molecule has 1 fully saturated rings. The number of benzene rings is 2. The quantitative estimate of drug-likeness (QED) is 0.650. The van der Waals surface area contributed by atoms with E-state index in [1.165, 1.54) is 24.0 Å². The molecule has 4 heteroatoms. The van der Waals surface area contributed by atoms with Crippen LogP contribution in [0, 0.1) is 23.0 Å². The van der Waals surface area contributed by atoms with Crippen LogP contribution in [-0.2, 0) is 0 Å². The molecule has 0 saturated heterocycles. The largest absolute Gasteiger partial charge is 0.372 e. The first-order valence-electron chi connectivity index (χ1n) is 7.21. The molecule has 1 saturated carbocycles. The summed E-state index contributed by atoms with van der Waals surface area (Å²) in [5.74, 6) is 0.563. The summed E-state index contributed by atoms with van der Waals surface area (Å²) >= 11 is 0. The van der Waals surface area contributed by atoms with E-state index in [2.05, 4.69) is 36.5 Å². The van der Waals surface area contributed by atoms with Crippen molar-refractivity contribution in [1.29, 1.82) is 0 Å². The normalized spacial score (nSPS) is 15.5. The summed E-state index contributed by atoms with van der Waals surface area (Å²) in [4.78, 5) is 10.8. The first-order chi connectivity index (χ1) is 10.1. The number of anilines is 1. The Balaban J connectivity index is 1.90. The van der Waals surface area contributed by atoms with Gasteiger partial charge >= 0.3 is 0 Å². The first-order valence-corrected chi connectivity index (χ1v) is 7.21. The Bertz CT molecular complexity index is 648. The van der Waals surface area contributed by atoms with E-state index >= 15 is 0 Å². The van der Waals surface area contributed by atoms with Gasteiger partial charge in [0, 0.05) is 6.07 Å². The van der Waals surface area contributed by atoms with Crippen molar-refractivity contribution in [2.45, 2.75) is 25.8 Å². The Morgan fingerprint density at radius 1 is 1.14 bits per heavy atom. The van der Waals surface area contributed by atoms with Crippen molar-refractivity contribution in [2.24, 2.45) is 5.92 Å². The third-order valence-corrected chi connectivity index (χ3v) is 3.94. The summed E-state index contributed by atoms with van der Waals surface area (Å²) in [5.41, 5.74) is 3.15. The van der Waals surface area contributed by atoms with E-state index < -0.39 is 0 Å². The second kappa shape index (κ2) is 5.56. The predicted octanol–water partition coefficient (Wildman–Crippen LogP) is 4.47. The Labute approximate surface area is 124 Å². The van der Waals surface area contributed by atoms with Gasteiger partial charge in [0.2, 0.25) is 0 Å². The SMILES string of the molecule is Cc1ccc(C(Nc2ccccc2[N+](=O)[O-])C2CC2)cc1. The molecule has 0 amide bonds. The molecule has 2 aromatic rings. The van der Waals surface area contributed by atoms with E-state index in [0.29, 0.717) is 11.6 Å². The predicted molar refractivity (Wildman–Crippen MR) is 83.4 cm³/mol. The van der Waals surface area contributed by atoms with Gasteiger partial charge in [-0.05, 0) is 37.3 Å². The number of nitro groups is 1. The standard InChI is InChI=1S/C17H18N2O2/c1-12-6-8-13(9-7-12)17(14-10-11-14)18-15-4-2-3-5-16(15)19(20)21/h2-9,14,17-18H,10-11H2,1H3. The fourth-order valence-corrected chi connectivity index (χ4v) is 2.60. The van der Waals surface area contributed by atoms with Gasteiger partial charge in [-0.2, -0.15) is 0 Å². The van der Waals surface area contributed by atoms with E-state index in [1.54, 1.807) is 18.2 Å². The number of hydrogen-bond acceptors (Lipinski definition) is 3. The molecule has 0 aliphatic heterocycles. The number of nitro benzene ring substituents is 1. The van der Waals surface area contributed by atoms with Crippen molar-refractivity contribution in [1.82, 2.24) is 0 Å². The molecule has 1 unspecified atom stereocenters. The lowest BCUT2D eigenvalue weighted by molar-refractivity contribution is -0.384. The van der Waals surface area contributed by atoms with Crippen molar-refractivity contribution in [3.63, 3.8) is 0 Å². The highest BCUT2D eigenvalue weighted by atomic mass is 16.6. The van der Waals surface area contributed by atoms with Crippen LogP contribution in [0.1, 0.15) is 30.0 Å².